The molecule has 2 heterocycles. The van der Waals surface area contributed by atoms with E-state index in [1.54, 1.807) is 0 Å². The minimum Gasteiger partial charge on any atom is -0.361 e. The Labute approximate surface area is 177 Å². The lowest BCUT2D eigenvalue weighted by Gasteiger charge is -2.17. The first-order chi connectivity index (χ1) is 14.5. The summed E-state index contributed by atoms with van der Waals surface area (Å²) in [5.41, 5.74) is 4.42. The standard InChI is InChI=1S/C25H27N3OSi/c1-30(2,3)17-16-29-18-27-24-15-9-6-12-21(24)26-25(27)28-22-13-7-4-10-19(22)20-11-5-8-14-23(20)28/h4-15H,16-18H2,1-3H3. The Kier molecular flexibility index (Phi) is 4.72. The SMILES string of the molecule is C[Si](C)(C)CCOCn1c(-n2c3ccccc3c3ccccc32)nc2ccccc21. The van der Waals surface area contributed by atoms with Gasteiger partial charge in [-0.15, -0.1) is 0 Å². The van der Waals surface area contributed by atoms with Crippen molar-refractivity contribution in [2.75, 3.05) is 6.61 Å². The minimum absolute atomic E-state index is 0.501. The summed E-state index contributed by atoms with van der Waals surface area (Å²) in [4.78, 5) is 5.04. The zero-order valence-electron chi connectivity index (χ0n) is 17.8. The second kappa shape index (κ2) is 7.42. The molecule has 0 N–H and O–H groups in total. The van der Waals surface area contributed by atoms with E-state index < -0.39 is 8.07 Å². The predicted octanol–water partition coefficient (Wildman–Crippen LogP) is 6.45. The first kappa shape index (κ1) is 19.1. The average molecular weight is 414 g/mol. The zero-order valence-corrected chi connectivity index (χ0v) is 18.8. The van der Waals surface area contributed by atoms with Crippen molar-refractivity contribution in [1.82, 2.24) is 14.1 Å². The van der Waals surface area contributed by atoms with Gasteiger partial charge in [0.2, 0.25) is 5.95 Å². The molecule has 0 amide bonds. The van der Waals surface area contributed by atoms with Crippen LogP contribution in [0.15, 0.2) is 72.8 Å². The van der Waals surface area contributed by atoms with Crippen LogP contribution in [0.1, 0.15) is 0 Å². The number of benzene rings is 3. The second-order valence-electron chi connectivity index (χ2n) is 9.05. The first-order valence-corrected chi connectivity index (χ1v) is 14.3. The number of para-hydroxylation sites is 4. The van der Waals surface area contributed by atoms with E-state index in [1.807, 2.05) is 6.07 Å². The van der Waals surface area contributed by atoms with Gasteiger partial charge in [0.05, 0.1) is 22.1 Å². The van der Waals surface area contributed by atoms with Crippen LogP contribution in [0.5, 0.6) is 0 Å². The highest BCUT2D eigenvalue weighted by Crippen LogP contribution is 2.32. The van der Waals surface area contributed by atoms with Crippen LogP contribution in [-0.2, 0) is 11.5 Å². The summed E-state index contributed by atoms with van der Waals surface area (Å²) in [7, 11) is -1.13. The Hall–Kier alpha value is -2.89. The number of aromatic nitrogens is 3. The third-order valence-corrected chi connectivity index (χ3v) is 7.34. The maximum absolute atomic E-state index is 6.17. The van der Waals surface area contributed by atoms with Crippen LogP contribution in [0.4, 0.5) is 0 Å². The molecule has 152 valence electrons. The van der Waals surface area contributed by atoms with Gasteiger partial charge in [0, 0.05) is 25.5 Å². The van der Waals surface area contributed by atoms with Gasteiger partial charge in [-0.05, 0) is 30.3 Å². The lowest BCUT2D eigenvalue weighted by Crippen LogP contribution is -2.22. The van der Waals surface area contributed by atoms with Gasteiger partial charge >= 0.3 is 0 Å². The second-order valence-corrected chi connectivity index (χ2v) is 14.7. The molecule has 5 heteroatoms. The molecule has 5 rings (SSSR count). The van der Waals surface area contributed by atoms with E-state index in [0.717, 1.165) is 40.7 Å². The molecule has 0 unspecified atom stereocenters. The Morgan fingerprint density at radius 1 is 0.767 bits per heavy atom. The van der Waals surface area contributed by atoms with E-state index in [4.69, 9.17) is 9.72 Å². The van der Waals surface area contributed by atoms with Crippen LogP contribution in [0.2, 0.25) is 25.7 Å². The van der Waals surface area contributed by atoms with Crippen molar-refractivity contribution in [2.45, 2.75) is 32.4 Å². The molecule has 0 aliphatic heterocycles. The van der Waals surface area contributed by atoms with Crippen LogP contribution in [0.25, 0.3) is 38.8 Å². The van der Waals surface area contributed by atoms with Crippen molar-refractivity contribution in [2.24, 2.45) is 0 Å². The van der Waals surface area contributed by atoms with Crippen LogP contribution in [0, 0.1) is 0 Å². The number of fused-ring (bicyclic) bond motifs is 4. The van der Waals surface area contributed by atoms with E-state index >= 15 is 0 Å². The Bertz CT molecular complexity index is 1290. The maximum atomic E-state index is 6.17. The molecule has 0 fully saturated rings. The number of ether oxygens (including phenoxy) is 1. The van der Waals surface area contributed by atoms with E-state index in [9.17, 15) is 0 Å². The normalized spacial score (nSPS) is 12.4. The number of hydrogen-bond donors (Lipinski definition) is 0. The van der Waals surface area contributed by atoms with Crippen molar-refractivity contribution in [3.05, 3.63) is 72.8 Å². The molecule has 0 bridgehead atoms. The van der Waals surface area contributed by atoms with Gasteiger partial charge in [-0.3, -0.25) is 9.13 Å². The van der Waals surface area contributed by atoms with Gasteiger partial charge in [-0.25, -0.2) is 4.98 Å². The number of nitrogens with zero attached hydrogens (tertiary/aromatic N) is 3. The van der Waals surface area contributed by atoms with E-state index in [2.05, 4.69) is 95.5 Å². The predicted molar refractivity (Wildman–Crippen MR) is 128 cm³/mol. The lowest BCUT2D eigenvalue weighted by molar-refractivity contribution is 0.0898. The topological polar surface area (TPSA) is 32.0 Å². The van der Waals surface area contributed by atoms with Gasteiger partial charge in [-0.2, -0.15) is 0 Å². The maximum Gasteiger partial charge on any atom is 0.217 e. The van der Waals surface area contributed by atoms with Crippen LogP contribution >= 0.6 is 0 Å². The quantitative estimate of drug-likeness (QED) is 0.237. The lowest BCUT2D eigenvalue weighted by atomic mass is 10.2. The van der Waals surface area contributed by atoms with Gasteiger partial charge in [0.1, 0.15) is 6.73 Å². The monoisotopic (exact) mass is 413 g/mol. The summed E-state index contributed by atoms with van der Waals surface area (Å²) in [6, 6.07) is 26.6. The Morgan fingerprint density at radius 3 is 1.97 bits per heavy atom. The van der Waals surface area contributed by atoms with Crippen molar-refractivity contribution in [1.29, 1.82) is 0 Å². The Morgan fingerprint density at radius 2 is 1.33 bits per heavy atom. The highest BCUT2D eigenvalue weighted by molar-refractivity contribution is 6.76. The van der Waals surface area contributed by atoms with Crippen LogP contribution in [-0.4, -0.2) is 28.8 Å². The number of rotatable bonds is 6. The third kappa shape index (κ3) is 3.34. The zero-order chi connectivity index (χ0) is 20.7. The van der Waals surface area contributed by atoms with Crippen LogP contribution < -0.4 is 0 Å². The molecule has 0 radical (unpaired) electrons. The molecule has 0 aliphatic carbocycles. The first-order valence-electron chi connectivity index (χ1n) is 10.5. The van der Waals surface area contributed by atoms with E-state index in [-0.39, 0.29) is 0 Å². The molecule has 0 saturated heterocycles. The molecular formula is C25H27N3OSi. The molecule has 30 heavy (non-hydrogen) atoms. The smallest absolute Gasteiger partial charge is 0.217 e. The van der Waals surface area contributed by atoms with Crippen molar-refractivity contribution >= 4 is 40.9 Å². The van der Waals surface area contributed by atoms with Crippen molar-refractivity contribution < 1.29 is 4.74 Å². The van der Waals surface area contributed by atoms with E-state index in [0.29, 0.717) is 6.73 Å². The van der Waals surface area contributed by atoms with Gasteiger partial charge < -0.3 is 4.74 Å². The third-order valence-electron chi connectivity index (χ3n) is 5.63. The molecule has 4 nitrogen and oxygen atoms in total. The summed E-state index contributed by atoms with van der Waals surface area (Å²) in [5.74, 6) is 0.904. The van der Waals surface area contributed by atoms with Crippen molar-refractivity contribution in [3.63, 3.8) is 0 Å². The highest BCUT2D eigenvalue weighted by atomic mass is 28.3. The summed E-state index contributed by atoms with van der Waals surface area (Å²) >= 11 is 0. The summed E-state index contributed by atoms with van der Waals surface area (Å²) < 4.78 is 10.6. The molecule has 0 saturated carbocycles. The number of hydrogen-bond acceptors (Lipinski definition) is 2. The fraction of sp³-hybridized carbons (Fsp3) is 0.240. The average Bonchev–Trinajstić information content (AvgIpc) is 3.26. The fourth-order valence-corrected chi connectivity index (χ4v) is 4.79. The van der Waals surface area contributed by atoms with Crippen molar-refractivity contribution in [3.8, 4) is 5.95 Å². The van der Waals surface area contributed by atoms with Gasteiger partial charge in [0.25, 0.3) is 0 Å². The summed E-state index contributed by atoms with van der Waals surface area (Å²) in [6.45, 7) is 8.43. The van der Waals surface area contributed by atoms with Crippen LogP contribution in [0.3, 0.4) is 0 Å². The fourth-order valence-electron chi connectivity index (χ4n) is 4.03. The molecule has 0 spiro atoms. The summed E-state index contributed by atoms with van der Waals surface area (Å²) in [6.07, 6.45) is 0. The molecular weight excluding hydrogens is 386 g/mol. The molecule has 0 atom stereocenters. The summed E-state index contributed by atoms with van der Waals surface area (Å²) in [5, 5.41) is 2.48. The molecule has 5 aromatic rings. The largest absolute Gasteiger partial charge is 0.361 e. The van der Waals surface area contributed by atoms with E-state index in [1.165, 1.54) is 10.8 Å². The number of imidazole rings is 1. The minimum atomic E-state index is -1.13. The Balaban J connectivity index is 1.68. The molecule has 3 aromatic carbocycles. The van der Waals surface area contributed by atoms with Gasteiger partial charge in [0.15, 0.2) is 0 Å². The molecule has 0 aliphatic rings. The molecule has 2 aromatic heterocycles. The highest BCUT2D eigenvalue weighted by Gasteiger charge is 2.18. The van der Waals surface area contributed by atoms with Gasteiger partial charge in [-0.1, -0.05) is 68.2 Å².